The third-order valence-electron chi connectivity index (χ3n) is 3.43. The van der Waals surface area contributed by atoms with Crippen LogP contribution in [0.4, 0.5) is 0 Å². The van der Waals surface area contributed by atoms with Gasteiger partial charge in [0.25, 0.3) is 0 Å². The van der Waals surface area contributed by atoms with Crippen molar-refractivity contribution in [2.24, 2.45) is 23.5 Å². The fraction of sp³-hybridized carbons (Fsp3) is 1.00. The van der Waals surface area contributed by atoms with Gasteiger partial charge in [-0.3, -0.25) is 0 Å². The zero-order valence-corrected chi connectivity index (χ0v) is 9.53. The van der Waals surface area contributed by atoms with Gasteiger partial charge in [-0.05, 0) is 30.6 Å². The lowest BCUT2D eigenvalue weighted by Gasteiger charge is -2.36. The van der Waals surface area contributed by atoms with E-state index < -0.39 is 0 Å². The van der Waals surface area contributed by atoms with Crippen molar-refractivity contribution in [1.82, 2.24) is 0 Å². The molecule has 0 radical (unpaired) electrons. The van der Waals surface area contributed by atoms with E-state index in [1.807, 2.05) is 0 Å². The van der Waals surface area contributed by atoms with Gasteiger partial charge in [-0.15, -0.1) is 0 Å². The van der Waals surface area contributed by atoms with E-state index in [0.29, 0.717) is 18.8 Å². The molecule has 1 fully saturated rings. The standard InChI is InChI=1S/C11H23NO2/c1-8-4-10(6-14-7-13-3)11(12)5-9(8)2/h8-11H,4-7,12H2,1-3H3/t8-,9+,10?,11-/m1/s1. The van der Waals surface area contributed by atoms with Gasteiger partial charge in [0.2, 0.25) is 0 Å². The number of nitrogens with two attached hydrogens (primary N) is 1. The number of ether oxygens (including phenoxy) is 2. The highest BCUT2D eigenvalue weighted by molar-refractivity contribution is 4.84. The molecule has 4 atom stereocenters. The van der Waals surface area contributed by atoms with Crippen LogP contribution in [0, 0.1) is 17.8 Å². The lowest BCUT2D eigenvalue weighted by molar-refractivity contribution is -0.0541. The lowest BCUT2D eigenvalue weighted by Crippen LogP contribution is -2.41. The summed E-state index contributed by atoms with van der Waals surface area (Å²) in [6.45, 7) is 5.72. The second-order valence-corrected chi connectivity index (χ2v) is 4.63. The van der Waals surface area contributed by atoms with Gasteiger partial charge in [0.1, 0.15) is 6.79 Å². The molecule has 0 bridgehead atoms. The van der Waals surface area contributed by atoms with Crippen LogP contribution in [0.1, 0.15) is 26.7 Å². The lowest BCUT2D eigenvalue weighted by atomic mass is 9.73. The Hall–Kier alpha value is -0.120. The Bertz CT molecular complexity index is 163. The second kappa shape index (κ2) is 5.69. The molecule has 0 aliphatic heterocycles. The molecule has 0 spiro atoms. The summed E-state index contributed by atoms with van der Waals surface area (Å²) in [7, 11) is 1.64. The maximum Gasteiger partial charge on any atom is 0.146 e. The van der Waals surface area contributed by atoms with Gasteiger partial charge in [0.15, 0.2) is 0 Å². The van der Waals surface area contributed by atoms with Gasteiger partial charge in [-0.1, -0.05) is 13.8 Å². The molecule has 1 unspecified atom stereocenters. The van der Waals surface area contributed by atoms with Gasteiger partial charge in [0.05, 0.1) is 6.61 Å². The van der Waals surface area contributed by atoms with Crippen LogP contribution in [0.15, 0.2) is 0 Å². The van der Waals surface area contributed by atoms with Gasteiger partial charge in [-0.2, -0.15) is 0 Å². The molecule has 0 amide bonds. The monoisotopic (exact) mass is 201 g/mol. The first-order chi connectivity index (χ1) is 6.65. The summed E-state index contributed by atoms with van der Waals surface area (Å²) in [5.41, 5.74) is 6.09. The summed E-state index contributed by atoms with van der Waals surface area (Å²) in [5, 5.41) is 0. The second-order valence-electron chi connectivity index (χ2n) is 4.63. The van der Waals surface area contributed by atoms with Crippen molar-refractivity contribution in [3.05, 3.63) is 0 Å². The summed E-state index contributed by atoms with van der Waals surface area (Å²) in [4.78, 5) is 0. The molecule has 0 aromatic heterocycles. The Labute approximate surface area is 86.9 Å². The molecular formula is C11H23NO2. The first-order valence-corrected chi connectivity index (χ1v) is 5.47. The molecule has 1 rings (SSSR count). The van der Waals surface area contributed by atoms with Crippen LogP contribution >= 0.6 is 0 Å². The average molecular weight is 201 g/mol. The van der Waals surface area contributed by atoms with Crippen LogP contribution in [0.5, 0.6) is 0 Å². The van der Waals surface area contributed by atoms with E-state index in [1.165, 1.54) is 6.42 Å². The minimum atomic E-state index is 0.304. The molecule has 14 heavy (non-hydrogen) atoms. The SMILES string of the molecule is COCOCC1C[C@@H](C)[C@@H](C)C[C@H]1N. The van der Waals surface area contributed by atoms with Crippen LogP contribution in [0.25, 0.3) is 0 Å². The molecule has 0 aromatic rings. The molecular weight excluding hydrogens is 178 g/mol. The molecule has 0 aromatic carbocycles. The van der Waals surface area contributed by atoms with Crippen molar-refractivity contribution >= 4 is 0 Å². The first-order valence-electron chi connectivity index (χ1n) is 5.47. The number of methoxy groups -OCH3 is 1. The molecule has 1 aliphatic rings. The van der Waals surface area contributed by atoms with Crippen LogP contribution in [-0.4, -0.2) is 26.6 Å². The van der Waals surface area contributed by atoms with Crippen molar-refractivity contribution in [3.63, 3.8) is 0 Å². The summed E-state index contributed by atoms with van der Waals surface area (Å²) in [6.07, 6.45) is 2.31. The Morgan fingerprint density at radius 1 is 1.21 bits per heavy atom. The average Bonchev–Trinajstić information content (AvgIpc) is 2.14. The third kappa shape index (κ3) is 3.23. The Kier molecular flexibility index (Phi) is 4.85. The Morgan fingerprint density at radius 2 is 1.86 bits per heavy atom. The summed E-state index contributed by atoms with van der Waals surface area (Å²) in [5.74, 6) is 2.03. The van der Waals surface area contributed by atoms with Crippen LogP contribution in [0.2, 0.25) is 0 Å². The highest BCUT2D eigenvalue weighted by Gasteiger charge is 2.30. The Balaban J connectivity index is 2.29. The largest absolute Gasteiger partial charge is 0.359 e. The van der Waals surface area contributed by atoms with Gasteiger partial charge < -0.3 is 15.2 Å². The maximum absolute atomic E-state index is 6.09. The van der Waals surface area contributed by atoms with Crippen molar-refractivity contribution < 1.29 is 9.47 Å². The minimum absolute atomic E-state index is 0.304. The van der Waals surface area contributed by atoms with Crippen molar-refractivity contribution in [1.29, 1.82) is 0 Å². The van der Waals surface area contributed by atoms with Gasteiger partial charge in [0, 0.05) is 13.2 Å². The molecule has 0 saturated heterocycles. The molecule has 2 N–H and O–H groups in total. The molecule has 1 saturated carbocycles. The van der Waals surface area contributed by atoms with Crippen molar-refractivity contribution in [2.75, 3.05) is 20.5 Å². The van der Waals surface area contributed by atoms with E-state index in [-0.39, 0.29) is 0 Å². The predicted molar refractivity (Wildman–Crippen MR) is 56.9 cm³/mol. The molecule has 3 nitrogen and oxygen atoms in total. The van der Waals surface area contributed by atoms with Gasteiger partial charge in [-0.25, -0.2) is 0 Å². The summed E-state index contributed by atoms with van der Waals surface area (Å²) in [6, 6.07) is 0.304. The maximum atomic E-state index is 6.09. The van der Waals surface area contributed by atoms with E-state index in [4.69, 9.17) is 15.2 Å². The van der Waals surface area contributed by atoms with Crippen molar-refractivity contribution in [2.45, 2.75) is 32.7 Å². The zero-order chi connectivity index (χ0) is 10.6. The summed E-state index contributed by atoms with van der Waals surface area (Å²) >= 11 is 0. The quantitative estimate of drug-likeness (QED) is 0.555. The Morgan fingerprint density at radius 3 is 2.50 bits per heavy atom. The van der Waals surface area contributed by atoms with E-state index in [2.05, 4.69) is 13.8 Å². The minimum Gasteiger partial charge on any atom is -0.359 e. The number of hydrogen-bond acceptors (Lipinski definition) is 3. The fourth-order valence-electron chi connectivity index (χ4n) is 2.21. The molecule has 0 heterocycles. The van der Waals surface area contributed by atoms with Crippen LogP contribution < -0.4 is 5.73 Å². The van der Waals surface area contributed by atoms with Crippen molar-refractivity contribution in [3.8, 4) is 0 Å². The normalized spacial score (nSPS) is 38.6. The smallest absolute Gasteiger partial charge is 0.146 e. The molecule has 1 aliphatic carbocycles. The van der Waals surface area contributed by atoms with E-state index in [1.54, 1.807) is 7.11 Å². The highest BCUT2D eigenvalue weighted by atomic mass is 16.7. The van der Waals surface area contributed by atoms with E-state index in [9.17, 15) is 0 Å². The molecule has 84 valence electrons. The zero-order valence-electron chi connectivity index (χ0n) is 9.53. The first kappa shape index (κ1) is 12.0. The van der Waals surface area contributed by atoms with E-state index in [0.717, 1.165) is 24.9 Å². The third-order valence-corrected chi connectivity index (χ3v) is 3.43. The van der Waals surface area contributed by atoms with Crippen LogP contribution in [0.3, 0.4) is 0 Å². The molecule has 3 heteroatoms. The van der Waals surface area contributed by atoms with Gasteiger partial charge >= 0.3 is 0 Å². The number of hydrogen-bond donors (Lipinski definition) is 1. The fourth-order valence-corrected chi connectivity index (χ4v) is 2.21. The predicted octanol–water partition coefficient (Wildman–Crippen LogP) is 1.62. The number of rotatable bonds is 4. The summed E-state index contributed by atoms with van der Waals surface area (Å²) < 4.78 is 10.2. The van der Waals surface area contributed by atoms with Crippen LogP contribution in [-0.2, 0) is 9.47 Å². The topological polar surface area (TPSA) is 44.5 Å². The highest BCUT2D eigenvalue weighted by Crippen LogP contribution is 2.32. The van der Waals surface area contributed by atoms with E-state index >= 15 is 0 Å².